The minimum atomic E-state index is -1.01. The van der Waals surface area contributed by atoms with Crippen LogP contribution < -0.4 is 0 Å². The summed E-state index contributed by atoms with van der Waals surface area (Å²) < 4.78 is 0. The first-order valence-corrected chi connectivity index (χ1v) is 5.75. The molecule has 5 heteroatoms. The Morgan fingerprint density at radius 3 is 2.75 bits per heavy atom. The second-order valence-electron chi connectivity index (χ2n) is 3.06. The first kappa shape index (κ1) is 12.5. The highest BCUT2D eigenvalue weighted by atomic mass is 32.2. The van der Waals surface area contributed by atoms with Crippen LogP contribution in [0.2, 0.25) is 0 Å². The first-order chi connectivity index (χ1) is 7.60. The fourth-order valence-corrected chi connectivity index (χ4v) is 1.99. The highest BCUT2D eigenvalue weighted by Gasteiger charge is 2.17. The van der Waals surface area contributed by atoms with Crippen LogP contribution in [0.3, 0.4) is 0 Å². The zero-order valence-electron chi connectivity index (χ0n) is 9.15. The molecule has 1 rings (SSSR count). The number of hydrogen-bond donors (Lipinski definition) is 1. The Morgan fingerprint density at radius 2 is 2.25 bits per heavy atom. The highest BCUT2D eigenvalue weighted by Crippen LogP contribution is 2.22. The smallest absolute Gasteiger partial charge is 0.340 e. The average molecular weight is 236 g/mol. The number of carboxylic acid groups (broad SMARTS) is 1. The second kappa shape index (κ2) is 5.52. The van der Waals surface area contributed by atoms with Crippen molar-refractivity contribution in [3.8, 4) is 12.3 Å². The molecule has 0 saturated heterocycles. The second-order valence-corrected chi connectivity index (χ2v) is 4.02. The molecule has 0 saturated carbocycles. The summed E-state index contributed by atoms with van der Waals surface area (Å²) in [6, 6.07) is 0. The number of hydrogen-bond acceptors (Lipinski definition) is 4. The van der Waals surface area contributed by atoms with E-state index < -0.39 is 5.97 Å². The van der Waals surface area contributed by atoms with Crippen LogP contribution in [0.5, 0.6) is 0 Å². The standard InChI is InChI=1S/C11H12N2O2S/c1-4-6-16-10-9(11(14)15)7(3)12-8(5-2)13-10/h1H,5-6H2,2-3H3,(H,14,15). The van der Waals surface area contributed by atoms with Gasteiger partial charge < -0.3 is 5.11 Å². The molecule has 4 nitrogen and oxygen atoms in total. The molecule has 0 radical (unpaired) electrons. The number of terminal acetylenes is 1. The Bertz CT molecular complexity index is 452. The Kier molecular flexibility index (Phi) is 4.32. The van der Waals surface area contributed by atoms with Gasteiger partial charge in [0.25, 0.3) is 0 Å². The molecule has 16 heavy (non-hydrogen) atoms. The quantitative estimate of drug-likeness (QED) is 0.490. The van der Waals surface area contributed by atoms with Gasteiger partial charge in [-0.2, -0.15) is 0 Å². The van der Waals surface area contributed by atoms with E-state index >= 15 is 0 Å². The van der Waals surface area contributed by atoms with Gasteiger partial charge in [0.05, 0.1) is 11.4 Å². The van der Waals surface area contributed by atoms with Crippen molar-refractivity contribution in [2.24, 2.45) is 0 Å². The predicted octanol–water partition coefficient (Wildman–Crippen LogP) is 1.77. The SMILES string of the molecule is C#CCSc1nc(CC)nc(C)c1C(=O)O. The van der Waals surface area contributed by atoms with Crippen LogP contribution in [-0.4, -0.2) is 26.8 Å². The number of rotatable bonds is 4. The maximum absolute atomic E-state index is 11.1. The van der Waals surface area contributed by atoms with Gasteiger partial charge >= 0.3 is 5.97 Å². The number of aryl methyl sites for hydroxylation is 2. The van der Waals surface area contributed by atoms with Gasteiger partial charge in [-0.1, -0.05) is 24.6 Å². The summed E-state index contributed by atoms with van der Waals surface area (Å²) in [5.74, 6) is 2.48. The molecule has 0 aliphatic heterocycles. The number of carboxylic acids is 1. The summed E-state index contributed by atoms with van der Waals surface area (Å²) in [5, 5.41) is 9.52. The predicted molar refractivity (Wildman–Crippen MR) is 62.7 cm³/mol. The molecule has 0 aliphatic rings. The summed E-state index contributed by atoms with van der Waals surface area (Å²) >= 11 is 1.25. The topological polar surface area (TPSA) is 63.1 Å². The van der Waals surface area contributed by atoms with Gasteiger partial charge in [-0.3, -0.25) is 0 Å². The van der Waals surface area contributed by atoms with E-state index in [-0.39, 0.29) is 5.56 Å². The Hall–Kier alpha value is -1.54. The zero-order valence-corrected chi connectivity index (χ0v) is 9.97. The van der Waals surface area contributed by atoms with Crippen molar-refractivity contribution in [3.63, 3.8) is 0 Å². The summed E-state index contributed by atoms with van der Waals surface area (Å²) in [6.45, 7) is 3.59. The molecule has 0 atom stereocenters. The van der Waals surface area contributed by atoms with Crippen LogP contribution in [0.15, 0.2) is 5.03 Å². The van der Waals surface area contributed by atoms with Crippen molar-refractivity contribution in [2.45, 2.75) is 25.3 Å². The molecule has 1 N–H and O–H groups in total. The lowest BCUT2D eigenvalue weighted by Gasteiger charge is -2.07. The molecule has 0 bridgehead atoms. The molecule has 0 spiro atoms. The average Bonchev–Trinajstić information content (AvgIpc) is 2.24. The van der Waals surface area contributed by atoms with E-state index in [1.165, 1.54) is 11.8 Å². The summed E-state index contributed by atoms with van der Waals surface area (Å²) in [5.41, 5.74) is 0.635. The van der Waals surface area contributed by atoms with Gasteiger partial charge in [0.2, 0.25) is 0 Å². The lowest BCUT2D eigenvalue weighted by Crippen LogP contribution is -2.09. The van der Waals surface area contributed by atoms with Crippen LogP contribution in [0.25, 0.3) is 0 Å². The summed E-state index contributed by atoms with van der Waals surface area (Å²) in [7, 11) is 0. The molecular formula is C11H12N2O2S. The molecule has 84 valence electrons. The number of aromatic nitrogens is 2. The summed E-state index contributed by atoms with van der Waals surface area (Å²) in [4.78, 5) is 19.4. The number of aromatic carboxylic acids is 1. The molecule has 0 unspecified atom stereocenters. The van der Waals surface area contributed by atoms with Gasteiger partial charge in [0.15, 0.2) is 0 Å². The van der Waals surface area contributed by atoms with Gasteiger partial charge in [-0.25, -0.2) is 14.8 Å². The van der Waals surface area contributed by atoms with E-state index in [9.17, 15) is 4.79 Å². The number of thioether (sulfide) groups is 1. The third-order valence-corrected chi connectivity index (χ3v) is 2.81. The van der Waals surface area contributed by atoms with Crippen molar-refractivity contribution < 1.29 is 9.90 Å². The van der Waals surface area contributed by atoms with E-state index in [1.807, 2.05) is 6.92 Å². The van der Waals surface area contributed by atoms with Crippen molar-refractivity contribution >= 4 is 17.7 Å². The number of carbonyl (C=O) groups is 1. The Morgan fingerprint density at radius 1 is 1.56 bits per heavy atom. The van der Waals surface area contributed by atoms with Gasteiger partial charge in [-0.15, -0.1) is 6.42 Å². The fourth-order valence-electron chi connectivity index (χ4n) is 1.22. The zero-order chi connectivity index (χ0) is 12.1. The maximum atomic E-state index is 11.1. The lowest BCUT2D eigenvalue weighted by molar-refractivity contribution is 0.0690. The molecule has 0 aromatic carbocycles. The third kappa shape index (κ3) is 2.74. The van der Waals surface area contributed by atoms with E-state index in [4.69, 9.17) is 11.5 Å². The molecule has 1 aromatic heterocycles. The van der Waals surface area contributed by atoms with Gasteiger partial charge in [0, 0.05) is 6.42 Å². The van der Waals surface area contributed by atoms with Gasteiger partial charge in [0.1, 0.15) is 16.4 Å². The molecular weight excluding hydrogens is 224 g/mol. The molecule has 1 aromatic rings. The lowest BCUT2D eigenvalue weighted by atomic mass is 10.2. The Labute approximate surface area is 98.5 Å². The fraction of sp³-hybridized carbons (Fsp3) is 0.364. The van der Waals surface area contributed by atoms with E-state index in [2.05, 4.69) is 15.9 Å². The highest BCUT2D eigenvalue weighted by molar-refractivity contribution is 7.99. The van der Waals surface area contributed by atoms with Crippen LogP contribution >= 0.6 is 11.8 Å². The minimum absolute atomic E-state index is 0.150. The molecule has 0 aliphatic carbocycles. The monoisotopic (exact) mass is 236 g/mol. The molecule has 1 heterocycles. The van der Waals surface area contributed by atoms with E-state index in [1.54, 1.807) is 6.92 Å². The maximum Gasteiger partial charge on any atom is 0.340 e. The van der Waals surface area contributed by atoms with Crippen LogP contribution in [0.1, 0.15) is 28.8 Å². The van der Waals surface area contributed by atoms with Crippen molar-refractivity contribution in [2.75, 3.05) is 5.75 Å². The van der Waals surface area contributed by atoms with Gasteiger partial charge in [-0.05, 0) is 6.92 Å². The van der Waals surface area contributed by atoms with Crippen molar-refractivity contribution in [1.29, 1.82) is 0 Å². The first-order valence-electron chi connectivity index (χ1n) is 4.77. The van der Waals surface area contributed by atoms with E-state index in [0.29, 0.717) is 28.7 Å². The van der Waals surface area contributed by atoms with Crippen LogP contribution in [-0.2, 0) is 6.42 Å². The number of nitrogens with zero attached hydrogens (tertiary/aromatic N) is 2. The summed E-state index contributed by atoms with van der Waals surface area (Å²) in [6.07, 6.45) is 5.82. The van der Waals surface area contributed by atoms with Crippen LogP contribution in [0.4, 0.5) is 0 Å². The normalized spacial score (nSPS) is 9.81. The van der Waals surface area contributed by atoms with Crippen molar-refractivity contribution in [3.05, 3.63) is 17.1 Å². The minimum Gasteiger partial charge on any atom is -0.478 e. The molecule has 0 amide bonds. The largest absolute Gasteiger partial charge is 0.478 e. The third-order valence-electron chi connectivity index (χ3n) is 1.93. The van der Waals surface area contributed by atoms with Crippen molar-refractivity contribution in [1.82, 2.24) is 9.97 Å². The van der Waals surface area contributed by atoms with Crippen LogP contribution in [0, 0.1) is 19.3 Å². The van der Waals surface area contributed by atoms with E-state index in [0.717, 1.165) is 0 Å². The Balaban J connectivity index is 3.24. The molecule has 0 fully saturated rings.